The van der Waals surface area contributed by atoms with Crippen LogP contribution < -0.4 is 20.9 Å². The molecule has 0 aromatic heterocycles. The quantitative estimate of drug-likeness (QED) is 0.662. The fourth-order valence-electron chi connectivity index (χ4n) is 3.82. The van der Waals surface area contributed by atoms with Crippen LogP contribution in [0.2, 0.25) is 0 Å². The molecule has 3 heterocycles. The number of imide groups is 1. The Kier molecular flexibility index (Phi) is 4.78. The van der Waals surface area contributed by atoms with Gasteiger partial charge in [0, 0.05) is 57.4 Å². The van der Waals surface area contributed by atoms with Gasteiger partial charge in [0.25, 0.3) is 0 Å². The van der Waals surface area contributed by atoms with Gasteiger partial charge < -0.3 is 15.5 Å². The van der Waals surface area contributed by atoms with Crippen LogP contribution in [-0.4, -0.2) is 68.1 Å². The normalized spacial score (nSPS) is 25.0. The number of anilines is 2. The highest BCUT2D eigenvalue weighted by molar-refractivity contribution is 6.01. The first kappa shape index (κ1) is 17.2. The molecule has 2 amide bonds. The van der Waals surface area contributed by atoms with Crippen molar-refractivity contribution in [2.24, 2.45) is 0 Å². The fourth-order valence-corrected chi connectivity index (χ4v) is 3.82. The molecule has 3 aliphatic heterocycles. The lowest BCUT2D eigenvalue weighted by Gasteiger charge is -2.48. The molecule has 7 nitrogen and oxygen atoms in total. The Morgan fingerprint density at radius 3 is 2.62 bits per heavy atom. The Morgan fingerprint density at radius 1 is 1.15 bits per heavy atom. The summed E-state index contributed by atoms with van der Waals surface area (Å²) in [7, 11) is 0. The molecule has 1 aromatic carbocycles. The molecule has 3 fully saturated rings. The van der Waals surface area contributed by atoms with Crippen molar-refractivity contribution in [1.29, 1.82) is 0 Å². The third kappa shape index (κ3) is 3.52. The van der Waals surface area contributed by atoms with Crippen molar-refractivity contribution in [3.8, 4) is 0 Å². The Balaban J connectivity index is 1.35. The van der Waals surface area contributed by atoms with Crippen molar-refractivity contribution < 1.29 is 14.0 Å². The van der Waals surface area contributed by atoms with E-state index in [2.05, 4.69) is 25.8 Å². The van der Waals surface area contributed by atoms with E-state index in [0.717, 1.165) is 39.3 Å². The Morgan fingerprint density at radius 2 is 1.92 bits per heavy atom. The summed E-state index contributed by atoms with van der Waals surface area (Å²) in [4.78, 5) is 27.5. The van der Waals surface area contributed by atoms with E-state index in [1.165, 1.54) is 6.07 Å². The van der Waals surface area contributed by atoms with Gasteiger partial charge in [-0.05, 0) is 24.6 Å². The van der Waals surface area contributed by atoms with Gasteiger partial charge in [-0.25, -0.2) is 4.39 Å². The van der Waals surface area contributed by atoms with Crippen LogP contribution in [0.25, 0.3) is 0 Å². The van der Waals surface area contributed by atoms with E-state index >= 15 is 0 Å². The minimum absolute atomic E-state index is 0.258. The van der Waals surface area contributed by atoms with E-state index in [-0.39, 0.29) is 17.6 Å². The van der Waals surface area contributed by atoms with Crippen LogP contribution in [0.5, 0.6) is 0 Å². The van der Waals surface area contributed by atoms with E-state index in [1.807, 2.05) is 0 Å². The number of carbonyl (C=O) groups is 2. The SMILES string of the molecule is O=C1CCC(Nc2ccc(N3CC(N4CCNCC4)C3)c(F)c2)C(=O)N1. The zero-order chi connectivity index (χ0) is 18.1. The maximum absolute atomic E-state index is 14.5. The Hall–Kier alpha value is -2.19. The molecule has 140 valence electrons. The van der Waals surface area contributed by atoms with Crippen LogP contribution in [0, 0.1) is 5.82 Å². The summed E-state index contributed by atoms with van der Waals surface area (Å²) in [6.45, 7) is 5.83. The molecule has 26 heavy (non-hydrogen) atoms. The summed E-state index contributed by atoms with van der Waals surface area (Å²) in [6, 6.07) is 4.98. The number of rotatable bonds is 4. The Bertz CT molecular complexity index is 701. The number of carbonyl (C=O) groups excluding carboxylic acids is 2. The lowest BCUT2D eigenvalue weighted by atomic mass is 10.0. The van der Waals surface area contributed by atoms with Gasteiger partial charge in [0.1, 0.15) is 11.9 Å². The number of halogens is 1. The van der Waals surface area contributed by atoms with E-state index in [0.29, 0.717) is 30.3 Å². The molecule has 8 heteroatoms. The fraction of sp³-hybridized carbons (Fsp3) is 0.556. The average molecular weight is 361 g/mol. The number of amides is 2. The van der Waals surface area contributed by atoms with Crippen molar-refractivity contribution >= 4 is 23.2 Å². The monoisotopic (exact) mass is 361 g/mol. The number of hydrogen-bond donors (Lipinski definition) is 3. The molecule has 1 atom stereocenters. The van der Waals surface area contributed by atoms with E-state index < -0.39 is 6.04 Å². The number of nitrogens with zero attached hydrogens (tertiary/aromatic N) is 2. The van der Waals surface area contributed by atoms with Crippen LogP contribution in [0.4, 0.5) is 15.8 Å². The van der Waals surface area contributed by atoms with Gasteiger partial charge in [0.15, 0.2) is 0 Å². The molecule has 0 radical (unpaired) electrons. The minimum Gasteiger partial charge on any atom is -0.374 e. The second kappa shape index (κ2) is 7.20. The van der Waals surface area contributed by atoms with Gasteiger partial charge in [0.05, 0.1) is 5.69 Å². The summed E-state index contributed by atoms with van der Waals surface area (Å²) in [5.74, 6) is -0.903. The zero-order valence-electron chi connectivity index (χ0n) is 14.6. The topological polar surface area (TPSA) is 76.7 Å². The summed E-state index contributed by atoms with van der Waals surface area (Å²) >= 11 is 0. The largest absolute Gasteiger partial charge is 0.374 e. The van der Waals surface area contributed by atoms with Gasteiger partial charge in [-0.1, -0.05) is 0 Å². The molecule has 0 saturated carbocycles. The molecule has 3 N–H and O–H groups in total. The van der Waals surface area contributed by atoms with Gasteiger partial charge >= 0.3 is 0 Å². The van der Waals surface area contributed by atoms with Crippen LogP contribution in [0.1, 0.15) is 12.8 Å². The first-order valence-corrected chi connectivity index (χ1v) is 9.19. The van der Waals surface area contributed by atoms with E-state index in [1.54, 1.807) is 12.1 Å². The second-order valence-electron chi connectivity index (χ2n) is 7.16. The van der Waals surface area contributed by atoms with Crippen molar-refractivity contribution in [2.75, 3.05) is 49.5 Å². The molecular formula is C18H24FN5O2. The van der Waals surface area contributed by atoms with Crippen molar-refractivity contribution in [2.45, 2.75) is 24.9 Å². The first-order chi connectivity index (χ1) is 12.6. The van der Waals surface area contributed by atoms with Crippen molar-refractivity contribution in [3.63, 3.8) is 0 Å². The van der Waals surface area contributed by atoms with Crippen LogP contribution >= 0.6 is 0 Å². The smallest absolute Gasteiger partial charge is 0.249 e. The van der Waals surface area contributed by atoms with Crippen LogP contribution in [0.15, 0.2) is 18.2 Å². The molecular weight excluding hydrogens is 337 g/mol. The second-order valence-corrected chi connectivity index (χ2v) is 7.16. The molecule has 3 aliphatic rings. The molecule has 1 unspecified atom stereocenters. The lowest BCUT2D eigenvalue weighted by molar-refractivity contribution is -0.133. The van der Waals surface area contributed by atoms with Crippen LogP contribution in [0.3, 0.4) is 0 Å². The molecule has 4 rings (SSSR count). The average Bonchev–Trinajstić information content (AvgIpc) is 2.59. The minimum atomic E-state index is -0.501. The van der Waals surface area contributed by atoms with E-state index in [4.69, 9.17) is 0 Å². The molecule has 1 aromatic rings. The highest BCUT2D eigenvalue weighted by Gasteiger charge is 2.33. The highest BCUT2D eigenvalue weighted by Crippen LogP contribution is 2.29. The maximum atomic E-state index is 14.5. The summed E-state index contributed by atoms with van der Waals surface area (Å²) in [5, 5.41) is 8.66. The highest BCUT2D eigenvalue weighted by atomic mass is 19.1. The summed E-state index contributed by atoms with van der Waals surface area (Å²) in [6.07, 6.45) is 0.720. The predicted octanol–water partition coefficient (Wildman–Crippen LogP) is 0.137. The van der Waals surface area contributed by atoms with Crippen LogP contribution in [-0.2, 0) is 9.59 Å². The number of piperidine rings is 1. The van der Waals surface area contributed by atoms with Crippen molar-refractivity contribution in [1.82, 2.24) is 15.5 Å². The predicted molar refractivity (Wildman–Crippen MR) is 96.6 cm³/mol. The third-order valence-electron chi connectivity index (χ3n) is 5.40. The van der Waals surface area contributed by atoms with Gasteiger partial charge in [0.2, 0.25) is 11.8 Å². The molecule has 0 bridgehead atoms. The number of benzene rings is 1. The maximum Gasteiger partial charge on any atom is 0.249 e. The molecule has 3 saturated heterocycles. The molecule has 0 spiro atoms. The molecule has 0 aliphatic carbocycles. The summed E-state index contributed by atoms with van der Waals surface area (Å²) < 4.78 is 14.5. The van der Waals surface area contributed by atoms with E-state index in [9.17, 15) is 14.0 Å². The first-order valence-electron chi connectivity index (χ1n) is 9.19. The van der Waals surface area contributed by atoms with Crippen molar-refractivity contribution in [3.05, 3.63) is 24.0 Å². The zero-order valence-corrected chi connectivity index (χ0v) is 14.6. The van der Waals surface area contributed by atoms with Gasteiger partial charge in [-0.3, -0.25) is 19.8 Å². The van der Waals surface area contributed by atoms with Gasteiger partial charge in [-0.2, -0.15) is 0 Å². The number of hydrogen-bond acceptors (Lipinski definition) is 6. The van der Waals surface area contributed by atoms with Gasteiger partial charge in [-0.15, -0.1) is 0 Å². The Labute approximate surface area is 151 Å². The lowest BCUT2D eigenvalue weighted by Crippen LogP contribution is -2.63. The number of piperazine rings is 1. The number of nitrogens with one attached hydrogen (secondary N) is 3. The third-order valence-corrected chi connectivity index (χ3v) is 5.40. The standard InChI is InChI=1S/C18H24FN5O2/c19-14-9-12(21-15-2-4-17(25)22-18(15)26)1-3-16(14)24-10-13(11-24)23-7-5-20-6-8-23/h1,3,9,13,15,20-21H,2,4-8,10-11H2,(H,22,25,26). The summed E-state index contributed by atoms with van der Waals surface area (Å²) in [5.41, 5.74) is 1.16.